The molecule has 0 spiro atoms. The van der Waals surface area contributed by atoms with Gasteiger partial charge in [-0.05, 0) is 62.5 Å². The van der Waals surface area contributed by atoms with Crippen molar-refractivity contribution in [2.24, 2.45) is 11.8 Å². The predicted octanol–water partition coefficient (Wildman–Crippen LogP) is 5.26. The van der Waals surface area contributed by atoms with Crippen LogP contribution in [0.4, 0.5) is 0 Å². The molecule has 1 aliphatic carbocycles. The molecule has 1 rings (SSSR count). The first kappa shape index (κ1) is 15.1. The lowest BCUT2D eigenvalue weighted by atomic mass is 9.84. The SMILES string of the molecule is CC/C=C(\C=C/CCC[C@@H]1CC=CC(C)C1)OC. The van der Waals surface area contributed by atoms with Crippen LogP contribution in [0.15, 0.2) is 36.1 Å². The summed E-state index contributed by atoms with van der Waals surface area (Å²) in [5, 5.41) is 0. The molecule has 0 aliphatic heterocycles. The number of unbranched alkanes of at least 4 members (excludes halogenated alkanes) is 1. The van der Waals surface area contributed by atoms with Gasteiger partial charge in [0.1, 0.15) is 5.76 Å². The molecule has 0 N–H and O–H groups in total. The lowest BCUT2D eigenvalue weighted by Crippen LogP contribution is -2.08. The van der Waals surface area contributed by atoms with Crippen molar-refractivity contribution < 1.29 is 4.74 Å². The summed E-state index contributed by atoms with van der Waals surface area (Å²) in [5.41, 5.74) is 0. The quantitative estimate of drug-likeness (QED) is 0.258. The second kappa shape index (κ2) is 9.02. The van der Waals surface area contributed by atoms with Crippen LogP contribution >= 0.6 is 0 Å². The highest BCUT2D eigenvalue weighted by molar-refractivity contribution is 5.11. The summed E-state index contributed by atoms with van der Waals surface area (Å²) in [6.45, 7) is 4.45. The van der Waals surface area contributed by atoms with E-state index < -0.39 is 0 Å². The van der Waals surface area contributed by atoms with E-state index in [1.54, 1.807) is 7.11 Å². The number of hydrogen-bond acceptors (Lipinski definition) is 1. The van der Waals surface area contributed by atoms with Crippen molar-refractivity contribution in [2.75, 3.05) is 7.11 Å². The standard InChI is InChI=1S/C17H28O/c1-4-9-17(18-3)13-7-5-6-11-16-12-8-10-15(2)14-16/h7-10,13,15-16H,4-6,11-12,14H2,1-3H3/b13-7-,17-9+/t15?,16-/m1/s1. The van der Waals surface area contributed by atoms with Crippen LogP contribution in [0.3, 0.4) is 0 Å². The second-order valence-corrected chi connectivity index (χ2v) is 5.30. The molecule has 18 heavy (non-hydrogen) atoms. The normalized spacial score (nSPS) is 24.7. The predicted molar refractivity (Wildman–Crippen MR) is 79.4 cm³/mol. The molecular formula is C17H28O. The molecule has 0 aromatic carbocycles. The van der Waals surface area contributed by atoms with Crippen LogP contribution in [0.2, 0.25) is 0 Å². The molecule has 0 amide bonds. The Morgan fingerprint density at radius 1 is 1.44 bits per heavy atom. The van der Waals surface area contributed by atoms with E-state index in [0.29, 0.717) is 0 Å². The Balaban J connectivity index is 2.16. The second-order valence-electron chi connectivity index (χ2n) is 5.30. The summed E-state index contributed by atoms with van der Waals surface area (Å²) in [7, 11) is 1.74. The molecule has 0 radical (unpaired) electrons. The fraction of sp³-hybridized carbons (Fsp3) is 0.647. The maximum absolute atomic E-state index is 5.27. The summed E-state index contributed by atoms with van der Waals surface area (Å²) in [4.78, 5) is 0. The third-order valence-corrected chi connectivity index (χ3v) is 3.55. The van der Waals surface area contributed by atoms with Gasteiger partial charge in [-0.2, -0.15) is 0 Å². The van der Waals surface area contributed by atoms with Crippen LogP contribution in [0.1, 0.15) is 52.4 Å². The van der Waals surface area contributed by atoms with E-state index in [0.717, 1.165) is 24.0 Å². The number of methoxy groups -OCH3 is 1. The van der Waals surface area contributed by atoms with Crippen LogP contribution in [0.25, 0.3) is 0 Å². The van der Waals surface area contributed by atoms with Gasteiger partial charge in [0.2, 0.25) is 0 Å². The number of allylic oxidation sites excluding steroid dienone is 5. The fourth-order valence-corrected chi connectivity index (χ4v) is 2.58. The molecule has 0 heterocycles. The van der Waals surface area contributed by atoms with Gasteiger partial charge in [0, 0.05) is 0 Å². The Morgan fingerprint density at radius 2 is 2.28 bits per heavy atom. The summed E-state index contributed by atoms with van der Waals surface area (Å²) in [6, 6.07) is 0. The van der Waals surface area contributed by atoms with E-state index in [9.17, 15) is 0 Å². The number of ether oxygens (including phenoxy) is 1. The molecule has 1 unspecified atom stereocenters. The van der Waals surface area contributed by atoms with Gasteiger partial charge in [-0.25, -0.2) is 0 Å². The van der Waals surface area contributed by atoms with Gasteiger partial charge < -0.3 is 4.74 Å². The van der Waals surface area contributed by atoms with Crippen molar-refractivity contribution in [3.8, 4) is 0 Å². The molecule has 0 aromatic heterocycles. The average Bonchev–Trinajstić information content (AvgIpc) is 2.37. The van der Waals surface area contributed by atoms with Crippen LogP contribution in [-0.4, -0.2) is 7.11 Å². The molecule has 1 heteroatoms. The molecule has 2 atom stereocenters. The van der Waals surface area contributed by atoms with Crippen LogP contribution in [0.5, 0.6) is 0 Å². The van der Waals surface area contributed by atoms with E-state index in [4.69, 9.17) is 4.74 Å². The maximum atomic E-state index is 5.27. The first-order valence-corrected chi connectivity index (χ1v) is 7.33. The van der Waals surface area contributed by atoms with Crippen molar-refractivity contribution in [1.82, 2.24) is 0 Å². The topological polar surface area (TPSA) is 9.23 Å². The molecule has 0 bridgehead atoms. The smallest absolute Gasteiger partial charge is 0.114 e. The van der Waals surface area contributed by atoms with Gasteiger partial charge in [0.15, 0.2) is 0 Å². The minimum absolute atomic E-state index is 0.784. The average molecular weight is 248 g/mol. The molecule has 1 aliphatic rings. The molecule has 0 saturated carbocycles. The van der Waals surface area contributed by atoms with Crippen LogP contribution in [0, 0.1) is 11.8 Å². The Kier molecular flexibility index (Phi) is 7.55. The van der Waals surface area contributed by atoms with E-state index >= 15 is 0 Å². The van der Waals surface area contributed by atoms with Gasteiger partial charge in [0.25, 0.3) is 0 Å². The monoisotopic (exact) mass is 248 g/mol. The highest BCUT2D eigenvalue weighted by Crippen LogP contribution is 2.27. The first-order chi connectivity index (χ1) is 8.76. The molecule has 0 saturated heterocycles. The minimum Gasteiger partial charge on any atom is -0.497 e. The third-order valence-electron chi connectivity index (χ3n) is 3.55. The molecule has 1 nitrogen and oxygen atoms in total. The molecular weight excluding hydrogens is 220 g/mol. The fourth-order valence-electron chi connectivity index (χ4n) is 2.58. The minimum atomic E-state index is 0.784. The number of hydrogen-bond donors (Lipinski definition) is 0. The van der Waals surface area contributed by atoms with Gasteiger partial charge in [-0.15, -0.1) is 0 Å². The Morgan fingerprint density at radius 3 is 2.94 bits per heavy atom. The third kappa shape index (κ3) is 6.09. The van der Waals surface area contributed by atoms with Crippen molar-refractivity contribution >= 4 is 0 Å². The van der Waals surface area contributed by atoms with E-state index in [-0.39, 0.29) is 0 Å². The summed E-state index contributed by atoms with van der Waals surface area (Å²) in [6.07, 6.45) is 18.7. The summed E-state index contributed by atoms with van der Waals surface area (Å²) >= 11 is 0. The summed E-state index contributed by atoms with van der Waals surface area (Å²) < 4.78 is 5.27. The van der Waals surface area contributed by atoms with Gasteiger partial charge in [0.05, 0.1) is 7.11 Å². The Bertz CT molecular complexity index is 299. The van der Waals surface area contributed by atoms with E-state index in [2.05, 4.69) is 44.2 Å². The Labute approximate surface area is 113 Å². The summed E-state index contributed by atoms with van der Waals surface area (Å²) in [5.74, 6) is 2.69. The van der Waals surface area contributed by atoms with Crippen LogP contribution < -0.4 is 0 Å². The highest BCUT2D eigenvalue weighted by Gasteiger charge is 2.13. The largest absolute Gasteiger partial charge is 0.497 e. The Hall–Kier alpha value is -0.980. The zero-order valence-corrected chi connectivity index (χ0v) is 12.2. The molecule has 102 valence electrons. The van der Waals surface area contributed by atoms with E-state index in [1.807, 2.05) is 0 Å². The lowest BCUT2D eigenvalue weighted by molar-refractivity contribution is 0.305. The molecule has 0 aromatic rings. The lowest BCUT2D eigenvalue weighted by Gasteiger charge is -2.21. The van der Waals surface area contributed by atoms with Gasteiger partial charge in [-0.1, -0.05) is 32.1 Å². The van der Waals surface area contributed by atoms with Crippen molar-refractivity contribution in [3.63, 3.8) is 0 Å². The van der Waals surface area contributed by atoms with E-state index in [1.165, 1.54) is 32.1 Å². The van der Waals surface area contributed by atoms with Crippen molar-refractivity contribution in [3.05, 3.63) is 36.1 Å². The zero-order chi connectivity index (χ0) is 13.2. The highest BCUT2D eigenvalue weighted by atomic mass is 16.5. The first-order valence-electron chi connectivity index (χ1n) is 7.33. The van der Waals surface area contributed by atoms with Crippen LogP contribution in [-0.2, 0) is 4.74 Å². The van der Waals surface area contributed by atoms with Crippen molar-refractivity contribution in [1.29, 1.82) is 0 Å². The van der Waals surface area contributed by atoms with Crippen molar-refractivity contribution in [2.45, 2.75) is 52.4 Å². The molecule has 0 fully saturated rings. The number of rotatable bonds is 7. The zero-order valence-electron chi connectivity index (χ0n) is 12.2. The van der Waals surface area contributed by atoms with Gasteiger partial charge in [-0.3, -0.25) is 0 Å². The van der Waals surface area contributed by atoms with Gasteiger partial charge >= 0.3 is 0 Å². The maximum Gasteiger partial charge on any atom is 0.114 e.